The van der Waals surface area contributed by atoms with Gasteiger partial charge in [-0.05, 0) is 40.2 Å². The fourth-order valence-corrected chi connectivity index (χ4v) is 2.93. The first-order valence-electron chi connectivity index (χ1n) is 8.62. The minimum atomic E-state index is -0.508. The number of hydrogen-bond acceptors (Lipinski definition) is 4. The molecule has 1 aliphatic heterocycles. The summed E-state index contributed by atoms with van der Waals surface area (Å²) in [4.78, 5) is 16.2. The highest BCUT2D eigenvalue weighted by molar-refractivity contribution is 5.68. The molecule has 1 aromatic rings. The van der Waals surface area contributed by atoms with Gasteiger partial charge in [0.25, 0.3) is 0 Å². The quantitative estimate of drug-likeness (QED) is 0.923. The second kappa shape index (κ2) is 7.53. The molecule has 1 heterocycles. The maximum absolute atomic E-state index is 12.2. The SMILES string of the molecule is Cc1ccc(C(O)CN2CCN(C(=O)OC(C)(C)C)[C@H](C)C2)cc1. The number of aliphatic hydroxyl groups is 1. The molecule has 0 bridgehead atoms. The molecule has 1 fully saturated rings. The summed E-state index contributed by atoms with van der Waals surface area (Å²) in [6, 6.07) is 8.04. The van der Waals surface area contributed by atoms with Crippen molar-refractivity contribution in [3.8, 4) is 0 Å². The van der Waals surface area contributed by atoms with E-state index >= 15 is 0 Å². The minimum absolute atomic E-state index is 0.0683. The maximum Gasteiger partial charge on any atom is 0.410 e. The standard InChI is InChI=1S/C19H30N2O3/c1-14-6-8-16(9-7-14)17(22)13-20-10-11-21(15(2)12-20)18(23)24-19(3,4)5/h6-9,15,17,22H,10-13H2,1-5H3/t15-,17?/m1/s1. The van der Waals surface area contributed by atoms with Crippen LogP contribution in [0.5, 0.6) is 0 Å². The highest BCUT2D eigenvalue weighted by Crippen LogP contribution is 2.19. The van der Waals surface area contributed by atoms with E-state index in [1.54, 1.807) is 4.90 Å². The number of carbonyl (C=O) groups excluding carboxylic acids is 1. The third-order valence-electron chi connectivity index (χ3n) is 4.23. The number of carbonyl (C=O) groups is 1. The van der Waals surface area contributed by atoms with Gasteiger partial charge < -0.3 is 14.7 Å². The molecule has 0 aromatic heterocycles. The highest BCUT2D eigenvalue weighted by atomic mass is 16.6. The predicted molar refractivity (Wildman–Crippen MR) is 95.0 cm³/mol. The molecule has 5 nitrogen and oxygen atoms in total. The van der Waals surface area contributed by atoms with Crippen LogP contribution in [-0.2, 0) is 4.74 Å². The van der Waals surface area contributed by atoms with Crippen LogP contribution in [0.1, 0.15) is 44.9 Å². The normalized spacial score (nSPS) is 20.8. The molecule has 1 amide bonds. The van der Waals surface area contributed by atoms with Gasteiger partial charge in [-0.25, -0.2) is 4.79 Å². The summed E-state index contributed by atoms with van der Waals surface area (Å²) in [5.41, 5.74) is 1.64. The van der Waals surface area contributed by atoms with Gasteiger partial charge in [-0.1, -0.05) is 29.8 Å². The van der Waals surface area contributed by atoms with Crippen LogP contribution < -0.4 is 0 Å². The van der Waals surface area contributed by atoms with E-state index in [4.69, 9.17) is 4.74 Å². The van der Waals surface area contributed by atoms with Crippen LogP contribution in [0, 0.1) is 6.92 Å². The van der Waals surface area contributed by atoms with Gasteiger partial charge in [0.15, 0.2) is 0 Å². The number of benzene rings is 1. The molecular formula is C19H30N2O3. The number of aryl methyl sites for hydroxylation is 1. The zero-order valence-electron chi connectivity index (χ0n) is 15.5. The van der Waals surface area contributed by atoms with E-state index in [1.807, 2.05) is 58.9 Å². The average Bonchev–Trinajstić information content (AvgIpc) is 2.46. The number of nitrogens with zero attached hydrogens (tertiary/aromatic N) is 2. The molecule has 1 N–H and O–H groups in total. The van der Waals surface area contributed by atoms with Crippen LogP contribution >= 0.6 is 0 Å². The summed E-state index contributed by atoms with van der Waals surface area (Å²) in [6.45, 7) is 12.4. The van der Waals surface area contributed by atoms with E-state index in [-0.39, 0.29) is 12.1 Å². The molecule has 24 heavy (non-hydrogen) atoms. The lowest BCUT2D eigenvalue weighted by Crippen LogP contribution is -2.55. The van der Waals surface area contributed by atoms with Crippen LogP contribution in [-0.4, -0.2) is 58.8 Å². The molecule has 0 aliphatic carbocycles. The van der Waals surface area contributed by atoms with Gasteiger partial charge in [0.05, 0.1) is 6.10 Å². The van der Waals surface area contributed by atoms with Gasteiger partial charge in [0, 0.05) is 32.2 Å². The largest absolute Gasteiger partial charge is 0.444 e. The average molecular weight is 334 g/mol. The molecule has 2 rings (SSSR count). The number of amides is 1. The molecule has 0 saturated carbocycles. The summed E-state index contributed by atoms with van der Waals surface area (Å²) in [6.07, 6.45) is -0.764. The number of hydrogen-bond donors (Lipinski definition) is 1. The summed E-state index contributed by atoms with van der Waals surface area (Å²) in [5, 5.41) is 10.4. The Morgan fingerprint density at radius 2 is 1.92 bits per heavy atom. The van der Waals surface area contributed by atoms with Crippen molar-refractivity contribution in [2.24, 2.45) is 0 Å². The van der Waals surface area contributed by atoms with E-state index in [0.29, 0.717) is 13.1 Å². The number of aliphatic hydroxyl groups excluding tert-OH is 1. The topological polar surface area (TPSA) is 53.0 Å². The molecule has 0 spiro atoms. The van der Waals surface area contributed by atoms with Gasteiger partial charge in [-0.3, -0.25) is 4.90 Å². The Bertz CT molecular complexity index is 551. The molecule has 1 aromatic carbocycles. The van der Waals surface area contributed by atoms with Crippen molar-refractivity contribution in [2.75, 3.05) is 26.2 Å². The van der Waals surface area contributed by atoms with Crippen LogP contribution in [0.4, 0.5) is 4.79 Å². The zero-order chi connectivity index (χ0) is 17.9. The Morgan fingerprint density at radius 3 is 2.46 bits per heavy atom. The molecule has 1 aliphatic rings. The molecule has 1 saturated heterocycles. The van der Waals surface area contributed by atoms with E-state index in [2.05, 4.69) is 4.90 Å². The first kappa shape index (κ1) is 18.7. The van der Waals surface area contributed by atoms with Crippen LogP contribution in [0.3, 0.4) is 0 Å². The Morgan fingerprint density at radius 1 is 1.29 bits per heavy atom. The Labute approximate surface area is 145 Å². The fourth-order valence-electron chi connectivity index (χ4n) is 2.93. The number of rotatable bonds is 3. The Kier molecular flexibility index (Phi) is 5.88. The first-order valence-corrected chi connectivity index (χ1v) is 8.62. The van der Waals surface area contributed by atoms with Gasteiger partial charge in [-0.2, -0.15) is 0 Å². The Balaban J connectivity index is 1.88. The maximum atomic E-state index is 12.2. The van der Waals surface area contributed by atoms with E-state index in [1.165, 1.54) is 5.56 Å². The molecule has 2 atom stereocenters. The third kappa shape index (κ3) is 5.21. The predicted octanol–water partition coefficient (Wildman–Crippen LogP) is 2.97. The monoisotopic (exact) mass is 334 g/mol. The van der Waals surface area contributed by atoms with E-state index in [0.717, 1.165) is 18.7 Å². The van der Waals surface area contributed by atoms with Crippen molar-refractivity contribution in [1.82, 2.24) is 9.80 Å². The van der Waals surface area contributed by atoms with Crippen LogP contribution in [0.15, 0.2) is 24.3 Å². The zero-order valence-corrected chi connectivity index (χ0v) is 15.5. The Hall–Kier alpha value is -1.59. The summed E-state index contributed by atoms with van der Waals surface area (Å²) >= 11 is 0. The van der Waals surface area contributed by atoms with Gasteiger partial charge >= 0.3 is 6.09 Å². The summed E-state index contributed by atoms with van der Waals surface area (Å²) in [7, 11) is 0. The van der Waals surface area contributed by atoms with Crippen LogP contribution in [0.2, 0.25) is 0 Å². The summed E-state index contributed by atoms with van der Waals surface area (Å²) < 4.78 is 5.46. The lowest BCUT2D eigenvalue weighted by atomic mass is 10.1. The number of ether oxygens (including phenoxy) is 1. The summed E-state index contributed by atoms with van der Waals surface area (Å²) in [5.74, 6) is 0. The molecule has 1 unspecified atom stereocenters. The van der Waals surface area contributed by atoms with E-state index < -0.39 is 11.7 Å². The molecule has 5 heteroatoms. The second-order valence-electron chi connectivity index (χ2n) is 7.71. The highest BCUT2D eigenvalue weighted by Gasteiger charge is 2.31. The minimum Gasteiger partial charge on any atom is -0.444 e. The van der Waals surface area contributed by atoms with Crippen molar-refractivity contribution in [3.05, 3.63) is 35.4 Å². The van der Waals surface area contributed by atoms with Crippen molar-refractivity contribution in [2.45, 2.75) is 52.4 Å². The lowest BCUT2D eigenvalue weighted by Gasteiger charge is -2.40. The molecule has 0 radical (unpaired) electrons. The molecule has 134 valence electrons. The van der Waals surface area contributed by atoms with Crippen molar-refractivity contribution < 1.29 is 14.6 Å². The van der Waals surface area contributed by atoms with Crippen LogP contribution in [0.25, 0.3) is 0 Å². The van der Waals surface area contributed by atoms with Crippen molar-refractivity contribution in [1.29, 1.82) is 0 Å². The fraction of sp³-hybridized carbons (Fsp3) is 0.632. The van der Waals surface area contributed by atoms with Gasteiger partial charge in [0.2, 0.25) is 0 Å². The number of piperazine rings is 1. The van der Waals surface area contributed by atoms with Crippen molar-refractivity contribution in [3.63, 3.8) is 0 Å². The number of β-amino-alcohol motifs (C(OH)–C–C–N with tert-alkyl or cyclic N) is 1. The lowest BCUT2D eigenvalue weighted by molar-refractivity contribution is -0.00421. The van der Waals surface area contributed by atoms with E-state index in [9.17, 15) is 9.90 Å². The van der Waals surface area contributed by atoms with Crippen molar-refractivity contribution >= 4 is 6.09 Å². The molecular weight excluding hydrogens is 304 g/mol. The first-order chi connectivity index (χ1) is 11.2. The van der Waals surface area contributed by atoms with Gasteiger partial charge in [0.1, 0.15) is 5.60 Å². The second-order valence-corrected chi connectivity index (χ2v) is 7.71. The third-order valence-corrected chi connectivity index (χ3v) is 4.23. The smallest absolute Gasteiger partial charge is 0.410 e. The van der Waals surface area contributed by atoms with Gasteiger partial charge in [-0.15, -0.1) is 0 Å².